The summed E-state index contributed by atoms with van der Waals surface area (Å²) in [5.41, 5.74) is 8.77. The Morgan fingerprint density at radius 1 is 1.40 bits per heavy atom. The molecule has 0 aliphatic carbocycles. The van der Waals surface area contributed by atoms with Crippen molar-refractivity contribution in [1.29, 1.82) is 0 Å². The van der Waals surface area contributed by atoms with Gasteiger partial charge in [0.05, 0.1) is 16.8 Å². The lowest BCUT2D eigenvalue weighted by Gasteiger charge is -2.23. The van der Waals surface area contributed by atoms with Crippen LogP contribution < -0.4 is 11.1 Å². The van der Waals surface area contributed by atoms with Crippen LogP contribution in [0.4, 0.5) is 5.69 Å². The Bertz CT molecular complexity index is 606. The number of rotatable bonds is 4. The first kappa shape index (κ1) is 13.3. The lowest BCUT2D eigenvalue weighted by atomic mass is 10.0. The van der Waals surface area contributed by atoms with Crippen molar-refractivity contribution in [1.82, 2.24) is 10.3 Å². The smallest absolute Gasteiger partial charge is 0.0779 e. The van der Waals surface area contributed by atoms with E-state index in [0.717, 1.165) is 48.3 Å². The van der Waals surface area contributed by atoms with Gasteiger partial charge in [-0.25, -0.2) is 0 Å². The fourth-order valence-corrected chi connectivity index (χ4v) is 2.78. The fraction of sp³-hybridized carbons (Fsp3) is 0.438. The molecule has 106 valence electrons. The van der Waals surface area contributed by atoms with E-state index < -0.39 is 0 Å². The lowest BCUT2D eigenvalue weighted by Crippen LogP contribution is -2.36. The highest BCUT2D eigenvalue weighted by Gasteiger charge is 2.28. The van der Waals surface area contributed by atoms with Crippen molar-refractivity contribution in [3.05, 3.63) is 36.0 Å². The van der Waals surface area contributed by atoms with E-state index in [1.54, 1.807) is 0 Å². The summed E-state index contributed by atoms with van der Waals surface area (Å²) in [6.07, 6.45) is 2.27. The van der Waals surface area contributed by atoms with Crippen LogP contribution in [0.3, 0.4) is 0 Å². The standard InChI is InChI=1S/C16H21N3O/c1-16(7-4-8-20-16)11-18-10-12-9-14(17)13-5-2-3-6-15(13)19-12/h2-3,5-6,9,18H,4,7-8,10-11H2,1H3,(H2,17,19). The average Bonchev–Trinajstić information content (AvgIpc) is 2.86. The number of benzene rings is 1. The molecule has 20 heavy (non-hydrogen) atoms. The number of anilines is 1. The molecule has 1 fully saturated rings. The number of nitrogens with two attached hydrogens (primary N) is 1. The second-order valence-corrected chi connectivity index (χ2v) is 5.73. The van der Waals surface area contributed by atoms with Gasteiger partial charge in [0.15, 0.2) is 0 Å². The molecule has 0 saturated carbocycles. The highest BCUT2D eigenvalue weighted by atomic mass is 16.5. The summed E-state index contributed by atoms with van der Waals surface area (Å²) >= 11 is 0. The van der Waals surface area contributed by atoms with E-state index >= 15 is 0 Å². The number of nitrogen functional groups attached to an aromatic ring is 1. The minimum atomic E-state index is -0.0254. The monoisotopic (exact) mass is 271 g/mol. The SMILES string of the molecule is CC1(CNCc2cc(N)c3ccccc3n2)CCCO1. The number of pyridine rings is 1. The summed E-state index contributed by atoms with van der Waals surface area (Å²) in [4.78, 5) is 4.64. The van der Waals surface area contributed by atoms with Gasteiger partial charge in [0.2, 0.25) is 0 Å². The Kier molecular flexibility index (Phi) is 3.59. The van der Waals surface area contributed by atoms with Gasteiger partial charge in [-0.2, -0.15) is 0 Å². The lowest BCUT2D eigenvalue weighted by molar-refractivity contribution is 0.0206. The minimum Gasteiger partial charge on any atom is -0.398 e. The summed E-state index contributed by atoms with van der Waals surface area (Å²) in [5.74, 6) is 0. The molecule has 3 rings (SSSR count). The van der Waals surface area contributed by atoms with Crippen LogP contribution in [0, 0.1) is 0 Å². The number of nitrogens with one attached hydrogen (secondary N) is 1. The molecule has 0 spiro atoms. The van der Waals surface area contributed by atoms with Gasteiger partial charge in [0, 0.05) is 30.8 Å². The van der Waals surface area contributed by atoms with Crippen molar-refractivity contribution < 1.29 is 4.74 Å². The second kappa shape index (κ2) is 5.38. The summed E-state index contributed by atoms with van der Waals surface area (Å²) < 4.78 is 5.76. The first-order valence-electron chi connectivity index (χ1n) is 7.15. The van der Waals surface area contributed by atoms with Gasteiger partial charge in [-0.05, 0) is 31.9 Å². The average molecular weight is 271 g/mol. The third-order valence-corrected chi connectivity index (χ3v) is 3.91. The Morgan fingerprint density at radius 2 is 2.25 bits per heavy atom. The Labute approximate surface area is 119 Å². The van der Waals surface area contributed by atoms with E-state index in [4.69, 9.17) is 10.5 Å². The second-order valence-electron chi connectivity index (χ2n) is 5.73. The summed E-state index contributed by atoms with van der Waals surface area (Å²) in [6.45, 7) is 4.60. The van der Waals surface area contributed by atoms with Crippen molar-refractivity contribution in [2.75, 3.05) is 18.9 Å². The zero-order chi connectivity index (χ0) is 14.0. The molecule has 4 nitrogen and oxygen atoms in total. The summed E-state index contributed by atoms with van der Waals surface area (Å²) in [6, 6.07) is 9.92. The number of ether oxygens (including phenoxy) is 1. The first-order valence-corrected chi connectivity index (χ1v) is 7.15. The predicted molar refractivity (Wildman–Crippen MR) is 81.5 cm³/mol. The van der Waals surface area contributed by atoms with Crippen LogP contribution in [0.15, 0.2) is 30.3 Å². The molecule has 4 heteroatoms. The van der Waals surface area contributed by atoms with Crippen molar-refractivity contribution in [2.45, 2.75) is 31.9 Å². The Hall–Kier alpha value is -1.65. The van der Waals surface area contributed by atoms with E-state index in [1.165, 1.54) is 0 Å². The maximum Gasteiger partial charge on any atom is 0.0779 e. The van der Waals surface area contributed by atoms with E-state index in [2.05, 4.69) is 17.2 Å². The fourth-order valence-electron chi connectivity index (χ4n) is 2.78. The van der Waals surface area contributed by atoms with Gasteiger partial charge >= 0.3 is 0 Å². The highest BCUT2D eigenvalue weighted by Crippen LogP contribution is 2.24. The molecule has 1 atom stereocenters. The molecule has 1 aromatic carbocycles. The van der Waals surface area contributed by atoms with Crippen molar-refractivity contribution >= 4 is 16.6 Å². The van der Waals surface area contributed by atoms with Gasteiger partial charge in [0.1, 0.15) is 0 Å². The summed E-state index contributed by atoms with van der Waals surface area (Å²) in [5, 5.41) is 4.45. The van der Waals surface area contributed by atoms with Gasteiger partial charge in [-0.3, -0.25) is 4.98 Å². The molecule has 1 aromatic heterocycles. The molecular weight excluding hydrogens is 250 g/mol. The topological polar surface area (TPSA) is 60.2 Å². The van der Waals surface area contributed by atoms with Crippen LogP contribution in [-0.2, 0) is 11.3 Å². The maximum atomic E-state index is 6.08. The van der Waals surface area contributed by atoms with E-state index in [9.17, 15) is 0 Å². The minimum absolute atomic E-state index is 0.0254. The molecule has 0 amide bonds. The molecular formula is C16H21N3O. The Morgan fingerprint density at radius 3 is 3.05 bits per heavy atom. The maximum absolute atomic E-state index is 6.08. The van der Waals surface area contributed by atoms with Crippen molar-refractivity contribution in [3.63, 3.8) is 0 Å². The van der Waals surface area contributed by atoms with E-state index in [-0.39, 0.29) is 5.60 Å². The molecule has 2 aromatic rings. The number of aromatic nitrogens is 1. The molecule has 1 unspecified atom stereocenters. The number of hydrogen-bond donors (Lipinski definition) is 2. The highest BCUT2D eigenvalue weighted by molar-refractivity contribution is 5.90. The third kappa shape index (κ3) is 2.76. The van der Waals surface area contributed by atoms with Crippen LogP contribution in [0.2, 0.25) is 0 Å². The predicted octanol–water partition coefficient (Wildman–Crippen LogP) is 2.48. The number of para-hydroxylation sites is 1. The molecule has 2 heterocycles. The largest absolute Gasteiger partial charge is 0.398 e. The van der Waals surface area contributed by atoms with Crippen LogP contribution >= 0.6 is 0 Å². The molecule has 0 radical (unpaired) electrons. The number of nitrogens with zero attached hydrogens (tertiary/aromatic N) is 1. The van der Waals surface area contributed by atoms with E-state index in [1.807, 2.05) is 30.3 Å². The molecule has 1 aliphatic heterocycles. The van der Waals surface area contributed by atoms with Gasteiger partial charge < -0.3 is 15.8 Å². The van der Waals surface area contributed by atoms with Gasteiger partial charge in [-0.15, -0.1) is 0 Å². The first-order chi connectivity index (χ1) is 9.66. The molecule has 3 N–H and O–H groups in total. The van der Waals surface area contributed by atoms with Crippen LogP contribution in [0.25, 0.3) is 10.9 Å². The van der Waals surface area contributed by atoms with Crippen molar-refractivity contribution in [3.8, 4) is 0 Å². The van der Waals surface area contributed by atoms with Crippen LogP contribution in [-0.4, -0.2) is 23.7 Å². The van der Waals surface area contributed by atoms with Gasteiger partial charge in [-0.1, -0.05) is 18.2 Å². The van der Waals surface area contributed by atoms with Gasteiger partial charge in [0.25, 0.3) is 0 Å². The van der Waals surface area contributed by atoms with Crippen molar-refractivity contribution in [2.24, 2.45) is 0 Å². The van der Waals surface area contributed by atoms with E-state index in [0.29, 0.717) is 6.54 Å². The molecule has 0 bridgehead atoms. The Balaban J connectivity index is 1.68. The zero-order valence-corrected chi connectivity index (χ0v) is 11.9. The zero-order valence-electron chi connectivity index (χ0n) is 11.9. The normalized spacial score (nSPS) is 22.4. The molecule has 1 saturated heterocycles. The summed E-state index contributed by atoms with van der Waals surface area (Å²) in [7, 11) is 0. The third-order valence-electron chi connectivity index (χ3n) is 3.91. The van der Waals surface area contributed by atoms with Crippen LogP contribution in [0.5, 0.6) is 0 Å². The van der Waals surface area contributed by atoms with Crippen LogP contribution in [0.1, 0.15) is 25.5 Å². The molecule has 1 aliphatic rings. The quantitative estimate of drug-likeness (QED) is 0.897. The number of hydrogen-bond acceptors (Lipinski definition) is 4. The number of fused-ring (bicyclic) bond motifs is 1.